The van der Waals surface area contributed by atoms with Gasteiger partial charge in [0.15, 0.2) is 0 Å². The SMILES string of the molecule is COC(=O)c1cc(C(=O)OC(=O)C(F)(F)F)cc(-c2ncco2)n1. The first kappa shape index (κ1) is 17.1. The Balaban J connectivity index is 2.42. The molecule has 0 N–H and O–H groups in total. The van der Waals surface area contributed by atoms with Crippen molar-refractivity contribution in [3.8, 4) is 11.6 Å². The topological polar surface area (TPSA) is 109 Å². The van der Waals surface area contributed by atoms with Gasteiger partial charge < -0.3 is 13.9 Å². The molecule has 0 aliphatic carbocycles. The number of aromatic nitrogens is 2. The molecule has 0 amide bonds. The molecule has 24 heavy (non-hydrogen) atoms. The van der Waals surface area contributed by atoms with Crippen molar-refractivity contribution in [2.75, 3.05) is 7.11 Å². The van der Waals surface area contributed by atoms with Gasteiger partial charge in [0.1, 0.15) is 17.7 Å². The molecule has 0 saturated carbocycles. The molecule has 0 atom stereocenters. The molecule has 0 aliphatic rings. The molecule has 0 spiro atoms. The molecule has 0 aliphatic heterocycles. The summed E-state index contributed by atoms with van der Waals surface area (Å²) in [6.07, 6.45) is -2.93. The van der Waals surface area contributed by atoms with Crippen molar-refractivity contribution in [2.24, 2.45) is 0 Å². The molecule has 2 heterocycles. The van der Waals surface area contributed by atoms with Crippen LogP contribution < -0.4 is 0 Å². The molecule has 126 valence electrons. The number of oxazole rings is 1. The van der Waals surface area contributed by atoms with Crippen LogP contribution in [0.2, 0.25) is 0 Å². The van der Waals surface area contributed by atoms with Gasteiger partial charge in [-0.25, -0.2) is 24.4 Å². The number of alkyl halides is 3. The zero-order chi connectivity index (χ0) is 17.9. The summed E-state index contributed by atoms with van der Waals surface area (Å²) >= 11 is 0. The van der Waals surface area contributed by atoms with Crippen LogP contribution in [0.4, 0.5) is 13.2 Å². The van der Waals surface area contributed by atoms with Crippen LogP contribution in [0.1, 0.15) is 20.8 Å². The minimum absolute atomic E-state index is 0.114. The molecule has 0 aromatic carbocycles. The van der Waals surface area contributed by atoms with Crippen LogP contribution in [-0.2, 0) is 14.3 Å². The quantitative estimate of drug-likeness (QED) is 0.612. The Morgan fingerprint density at radius 1 is 1.17 bits per heavy atom. The molecule has 0 unspecified atom stereocenters. The van der Waals surface area contributed by atoms with E-state index in [0.29, 0.717) is 0 Å². The van der Waals surface area contributed by atoms with Gasteiger partial charge in [-0.1, -0.05) is 0 Å². The predicted octanol–water partition coefficient (Wildman–Crippen LogP) is 1.77. The number of esters is 3. The largest absolute Gasteiger partial charge is 0.491 e. The molecular weight excluding hydrogens is 337 g/mol. The Morgan fingerprint density at radius 2 is 1.88 bits per heavy atom. The van der Waals surface area contributed by atoms with Crippen molar-refractivity contribution in [3.05, 3.63) is 35.9 Å². The number of carbonyl (C=O) groups excluding carboxylic acids is 3. The zero-order valence-electron chi connectivity index (χ0n) is 11.8. The second kappa shape index (κ2) is 6.48. The van der Waals surface area contributed by atoms with Crippen molar-refractivity contribution < 1.29 is 41.4 Å². The maximum absolute atomic E-state index is 12.2. The normalized spacial score (nSPS) is 11.0. The molecule has 0 fully saturated rings. The summed E-state index contributed by atoms with van der Waals surface area (Å²) in [5, 5.41) is 0. The molecule has 0 radical (unpaired) electrons. The predicted molar refractivity (Wildman–Crippen MR) is 67.6 cm³/mol. The van der Waals surface area contributed by atoms with Gasteiger partial charge in [0, 0.05) is 0 Å². The number of pyridine rings is 1. The number of carbonyl (C=O) groups is 3. The van der Waals surface area contributed by atoms with E-state index in [1.165, 1.54) is 12.5 Å². The van der Waals surface area contributed by atoms with Gasteiger partial charge in [-0.2, -0.15) is 13.2 Å². The highest BCUT2D eigenvalue weighted by atomic mass is 19.4. The van der Waals surface area contributed by atoms with Crippen LogP contribution in [0, 0.1) is 0 Å². The highest BCUT2D eigenvalue weighted by molar-refractivity contribution is 6.00. The third-order valence-electron chi connectivity index (χ3n) is 2.52. The number of hydrogen-bond acceptors (Lipinski definition) is 8. The van der Waals surface area contributed by atoms with Gasteiger partial charge in [0.25, 0.3) is 0 Å². The van der Waals surface area contributed by atoms with Gasteiger partial charge in [-0.05, 0) is 12.1 Å². The highest BCUT2D eigenvalue weighted by Crippen LogP contribution is 2.21. The third-order valence-corrected chi connectivity index (χ3v) is 2.52. The molecule has 8 nitrogen and oxygen atoms in total. The number of rotatable bonds is 3. The number of nitrogens with zero attached hydrogens (tertiary/aromatic N) is 2. The molecule has 0 saturated heterocycles. The summed E-state index contributed by atoms with van der Waals surface area (Å²) in [4.78, 5) is 41.5. The number of ether oxygens (including phenoxy) is 2. The van der Waals surface area contributed by atoms with Crippen LogP contribution >= 0.6 is 0 Å². The summed E-state index contributed by atoms with van der Waals surface area (Å²) in [5.74, 6) is -5.41. The van der Waals surface area contributed by atoms with Crippen LogP contribution in [0.25, 0.3) is 11.6 Å². The van der Waals surface area contributed by atoms with Gasteiger partial charge >= 0.3 is 24.1 Å². The van der Waals surface area contributed by atoms with Gasteiger partial charge in [-0.15, -0.1) is 0 Å². The minimum atomic E-state index is -5.35. The fourth-order valence-electron chi connectivity index (χ4n) is 1.52. The van der Waals surface area contributed by atoms with Crippen molar-refractivity contribution in [1.29, 1.82) is 0 Å². The van der Waals surface area contributed by atoms with Crippen molar-refractivity contribution >= 4 is 17.9 Å². The van der Waals surface area contributed by atoms with E-state index < -0.39 is 35.3 Å². The second-order valence-corrected chi connectivity index (χ2v) is 4.13. The fraction of sp³-hybridized carbons (Fsp3) is 0.154. The first-order valence-corrected chi connectivity index (χ1v) is 6.06. The Morgan fingerprint density at radius 3 is 2.42 bits per heavy atom. The van der Waals surface area contributed by atoms with E-state index in [2.05, 4.69) is 19.4 Å². The van der Waals surface area contributed by atoms with Crippen molar-refractivity contribution in [1.82, 2.24) is 9.97 Å². The number of halogens is 3. The standard InChI is InChI=1S/C13H7F3N2O6/c1-22-11(20)8-5-6(10(19)24-12(21)13(14,15)16)4-7(18-8)9-17-2-3-23-9/h2-5H,1H3. The molecule has 2 aromatic heterocycles. The van der Waals surface area contributed by atoms with Crippen LogP contribution in [-0.4, -0.2) is 41.2 Å². The average molecular weight is 344 g/mol. The molecular formula is C13H7F3N2O6. The zero-order valence-corrected chi connectivity index (χ0v) is 11.8. The lowest BCUT2D eigenvalue weighted by molar-refractivity contribution is -0.193. The van der Waals surface area contributed by atoms with Crippen molar-refractivity contribution in [2.45, 2.75) is 6.18 Å². The maximum Gasteiger partial charge on any atom is 0.491 e. The molecule has 0 bridgehead atoms. The van der Waals surface area contributed by atoms with E-state index in [1.54, 1.807) is 0 Å². The lowest BCUT2D eigenvalue weighted by atomic mass is 10.2. The van der Waals surface area contributed by atoms with E-state index in [1.807, 2.05) is 0 Å². The first-order chi connectivity index (χ1) is 11.2. The lowest BCUT2D eigenvalue weighted by Gasteiger charge is -2.07. The Hall–Kier alpha value is -3.24. The molecule has 2 rings (SSSR count). The lowest BCUT2D eigenvalue weighted by Crippen LogP contribution is -2.28. The van der Waals surface area contributed by atoms with E-state index in [0.717, 1.165) is 19.2 Å². The number of methoxy groups -OCH3 is 1. The third kappa shape index (κ3) is 3.74. The molecule has 11 heteroatoms. The summed E-state index contributed by atoms with van der Waals surface area (Å²) in [7, 11) is 1.03. The Labute approximate surface area is 131 Å². The van der Waals surface area contributed by atoms with E-state index >= 15 is 0 Å². The maximum atomic E-state index is 12.2. The average Bonchev–Trinajstić information content (AvgIpc) is 3.07. The van der Waals surface area contributed by atoms with Crippen LogP contribution in [0.15, 0.2) is 29.0 Å². The summed E-state index contributed by atoms with van der Waals surface area (Å²) in [5.41, 5.74) is -1.11. The van der Waals surface area contributed by atoms with Crippen molar-refractivity contribution in [3.63, 3.8) is 0 Å². The first-order valence-electron chi connectivity index (χ1n) is 6.06. The van der Waals surface area contributed by atoms with Gasteiger partial charge in [-0.3, -0.25) is 0 Å². The number of hydrogen-bond donors (Lipinski definition) is 0. The van der Waals surface area contributed by atoms with Gasteiger partial charge in [0.2, 0.25) is 5.89 Å². The summed E-state index contributed by atoms with van der Waals surface area (Å²) in [6.45, 7) is 0. The van der Waals surface area contributed by atoms with E-state index in [9.17, 15) is 27.6 Å². The second-order valence-electron chi connectivity index (χ2n) is 4.13. The Kier molecular flexibility index (Phi) is 4.62. The minimum Gasteiger partial charge on any atom is -0.464 e. The highest BCUT2D eigenvalue weighted by Gasteiger charge is 2.42. The smallest absolute Gasteiger partial charge is 0.464 e. The van der Waals surface area contributed by atoms with E-state index in [4.69, 9.17) is 4.42 Å². The summed E-state index contributed by atoms with van der Waals surface area (Å²) in [6, 6.07) is 1.76. The van der Waals surface area contributed by atoms with Crippen LogP contribution in [0.5, 0.6) is 0 Å². The van der Waals surface area contributed by atoms with E-state index in [-0.39, 0.29) is 11.6 Å². The Bertz CT molecular complexity index is 785. The fourth-order valence-corrected chi connectivity index (χ4v) is 1.52. The monoisotopic (exact) mass is 344 g/mol. The molecule has 2 aromatic rings. The van der Waals surface area contributed by atoms with Gasteiger partial charge in [0.05, 0.1) is 18.9 Å². The summed E-state index contributed by atoms with van der Waals surface area (Å²) < 4.78 is 49.5. The van der Waals surface area contributed by atoms with Crippen LogP contribution in [0.3, 0.4) is 0 Å².